The van der Waals surface area contributed by atoms with Gasteiger partial charge >= 0.3 is 0 Å². The van der Waals surface area contributed by atoms with Crippen LogP contribution in [0.5, 0.6) is 0 Å². The van der Waals surface area contributed by atoms with Crippen molar-refractivity contribution in [3.8, 4) is 0 Å². The lowest BCUT2D eigenvalue weighted by Gasteiger charge is -2.15. The standard InChI is InChI=1S/C8H17NO3S/c1-3-7(2)9-13(10,11)8-4-5-12-6-8/h7-9H,3-6H2,1-2H3/t7-,8+/m1/s1. The summed E-state index contributed by atoms with van der Waals surface area (Å²) in [5, 5.41) is -0.346. The van der Waals surface area contributed by atoms with Crippen LogP contribution in [0.3, 0.4) is 0 Å². The minimum atomic E-state index is -3.15. The van der Waals surface area contributed by atoms with Gasteiger partial charge in [0.25, 0.3) is 0 Å². The van der Waals surface area contributed by atoms with E-state index in [1.807, 2.05) is 13.8 Å². The monoisotopic (exact) mass is 207 g/mol. The van der Waals surface area contributed by atoms with Gasteiger partial charge in [-0.2, -0.15) is 0 Å². The smallest absolute Gasteiger partial charge is 0.217 e. The first-order chi connectivity index (χ1) is 6.06. The predicted molar refractivity (Wildman–Crippen MR) is 51.0 cm³/mol. The van der Waals surface area contributed by atoms with Crippen molar-refractivity contribution in [2.45, 2.75) is 38.0 Å². The molecule has 0 saturated carbocycles. The van der Waals surface area contributed by atoms with Crippen LogP contribution in [-0.4, -0.2) is 32.9 Å². The number of hydrogen-bond donors (Lipinski definition) is 1. The second kappa shape index (κ2) is 4.39. The summed E-state index contributed by atoms with van der Waals surface area (Å²) in [5.41, 5.74) is 0. The Balaban J connectivity index is 2.54. The second-order valence-corrected chi connectivity index (χ2v) is 5.45. The van der Waals surface area contributed by atoms with E-state index in [0.717, 1.165) is 6.42 Å². The first kappa shape index (κ1) is 10.9. The van der Waals surface area contributed by atoms with Gasteiger partial charge in [-0.05, 0) is 19.8 Å². The molecule has 0 bridgehead atoms. The molecule has 0 spiro atoms. The molecular weight excluding hydrogens is 190 g/mol. The quantitative estimate of drug-likeness (QED) is 0.730. The van der Waals surface area contributed by atoms with Crippen molar-refractivity contribution in [1.82, 2.24) is 4.72 Å². The number of nitrogens with one attached hydrogen (secondary N) is 1. The molecule has 0 amide bonds. The van der Waals surface area contributed by atoms with Crippen molar-refractivity contribution in [3.63, 3.8) is 0 Å². The van der Waals surface area contributed by atoms with Crippen molar-refractivity contribution in [2.24, 2.45) is 0 Å². The summed E-state index contributed by atoms with van der Waals surface area (Å²) in [7, 11) is -3.15. The lowest BCUT2D eigenvalue weighted by atomic mass is 10.3. The molecule has 4 nitrogen and oxygen atoms in total. The van der Waals surface area contributed by atoms with E-state index in [1.54, 1.807) is 0 Å². The number of hydrogen-bond acceptors (Lipinski definition) is 3. The van der Waals surface area contributed by atoms with E-state index in [9.17, 15) is 8.42 Å². The van der Waals surface area contributed by atoms with E-state index in [0.29, 0.717) is 19.6 Å². The van der Waals surface area contributed by atoms with E-state index in [2.05, 4.69) is 4.72 Å². The lowest BCUT2D eigenvalue weighted by molar-refractivity contribution is 0.198. The predicted octanol–water partition coefficient (Wildman–Crippen LogP) is 0.493. The van der Waals surface area contributed by atoms with Gasteiger partial charge in [-0.15, -0.1) is 0 Å². The molecule has 1 aliphatic heterocycles. The van der Waals surface area contributed by atoms with Gasteiger partial charge in [0.2, 0.25) is 10.0 Å². The van der Waals surface area contributed by atoms with E-state index in [-0.39, 0.29) is 11.3 Å². The van der Waals surface area contributed by atoms with Crippen LogP contribution in [-0.2, 0) is 14.8 Å². The third kappa shape index (κ3) is 2.93. The third-order valence-corrected chi connectivity index (χ3v) is 4.28. The van der Waals surface area contributed by atoms with Gasteiger partial charge in [-0.1, -0.05) is 6.92 Å². The first-order valence-electron chi connectivity index (χ1n) is 4.65. The number of ether oxygens (including phenoxy) is 1. The summed E-state index contributed by atoms with van der Waals surface area (Å²) in [6.45, 7) is 4.73. The van der Waals surface area contributed by atoms with Crippen LogP contribution in [0.15, 0.2) is 0 Å². The molecule has 1 aliphatic rings. The molecule has 2 atom stereocenters. The molecule has 0 aromatic carbocycles. The molecule has 5 heteroatoms. The van der Waals surface area contributed by atoms with Gasteiger partial charge < -0.3 is 4.74 Å². The zero-order valence-electron chi connectivity index (χ0n) is 8.12. The van der Waals surface area contributed by atoms with E-state index in [4.69, 9.17) is 4.74 Å². The van der Waals surface area contributed by atoms with Gasteiger partial charge in [0.05, 0.1) is 6.61 Å². The Kier molecular flexibility index (Phi) is 3.70. The van der Waals surface area contributed by atoms with Crippen molar-refractivity contribution in [2.75, 3.05) is 13.2 Å². The maximum atomic E-state index is 11.6. The van der Waals surface area contributed by atoms with Crippen LogP contribution in [0, 0.1) is 0 Å². The van der Waals surface area contributed by atoms with Crippen LogP contribution in [0.25, 0.3) is 0 Å². The molecule has 1 fully saturated rings. The van der Waals surface area contributed by atoms with Gasteiger partial charge in [0.1, 0.15) is 5.25 Å². The highest BCUT2D eigenvalue weighted by atomic mass is 32.2. The molecule has 1 heterocycles. The van der Waals surface area contributed by atoms with Gasteiger partial charge in [0.15, 0.2) is 0 Å². The molecule has 13 heavy (non-hydrogen) atoms. The summed E-state index contributed by atoms with van der Waals surface area (Å²) in [6.07, 6.45) is 1.43. The highest BCUT2D eigenvalue weighted by Crippen LogP contribution is 2.13. The average molecular weight is 207 g/mol. The normalized spacial score (nSPS) is 26.2. The highest BCUT2D eigenvalue weighted by Gasteiger charge is 2.29. The fourth-order valence-corrected chi connectivity index (χ4v) is 2.82. The molecule has 0 aliphatic carbocycles. The molecule has 1 N–H and O–H groups in total. The Labute approximate surface area is 79.7 Å². The molecule has 0 aromatic heterocycles. The van der Waals surface area contributed by atoms with Crippen molar-refractivity contribution < 1.29 is 13.2 Å². The van der Waals surface area contributed by atoms with Gasteiger partial charge in [-0.25, -0.2) is 13.1 Å². The Hall–Kier alpha value is -0.130. The van der Waals surface area contributed by atoms with Crippen LogP contribution >= 0.6 is 0 Å². The lowest BCUT2D eigenvalue weighted by Crippen LogP contribution is -2.39. The Morgan fingerprint density at radius 1 is 1.62 bits per heavy atom. The minimum absolute atomic E-state index is 0.0191. The first-order valence-corrected chi connectivity index (χ1v) is 6.19. The zero-order valence-corrected chi connectivity index (χ0v) is 8.93. The molecule has 0 unspecified atom stereocenters. The molecule has 0 radical (unpaired) electrons. The van der Waals surface area contributed by atoms with E-state index >= 15 is 0 Å². The van der Waals surface area contributed by atoms with E-state index < -0.39 is 10.0 Å². The topological polar surface area (TPSA) is 55.4 Å². The van der Waals surface area contributed by atoms with Crippen LogP contribution in [0.4, 0.5) is 0 Å². The maximum absolute atomic E-state index is 11.6. The fraction of sp³-hybridized carbons (Fsp3) is 1.00. The third-order valence-electron chi connectivity index (χ3n) is 2.30. The SMILES string of the molecule is CC[C@@H](C)NS(=O)(=O)[C@H]1CCOC1. The number of sulfonamides is 1. The second-order valence-electron chi connectivity index (χ2n) is 3.46. The summed E-state index contributed by atoms with van der Waals surface area (Å²) >= 11 is 0. The Morgan fingerprint density at radius 2 is 2.31 bits per heavy atom. The Morgan fingerprint density at radius 3 is 2.77 bits per heavy atom. The van der Waals surface area contributed by atoms with Gasteiger partial charge in [-0.3, -0.25) is 0 Å². The zero-order chi connectivity index (χ0) is 9.90. The summed E-state index contributed by atoms with van der Waals surface area (Å²) in [4.78, 5) is 0. The largest absolute Gasteiger partial charge is 0.380 e. The highest BCUT2D eigenvalue weighted by molar-refractivity contribution is 7.90. The molecular formula is C8H17NO3S. The van der Waals surface area contributed by atoms with Gasteiger partial charge in [0, 0.05) is 12.6 Å². The molecule has 1 rings (SSSR count). The fourth-order valence-electron chi connectivity index (χ4n) is 1.22. The van der Waals surface area contributed by atoms with Crippen LogP contribution < -0.4 is 4.72 Å². The minimum Gasteiger partial charge on any atom is -0.380 e. The van der Waals surface area contributed by atoms with Crippen molar-refractivity contribution in [3.05, 3.63) is 0 Å². The molecule has 78 valence electrons. The Bertz CT molecular complexity index is 244. The van der Waals surface area contributed by atoms with Crippen molar-refractivity contribution >= 4 is 10.0 Å². The van der Waals surface area contributed by atoms with Crippen LogP contribution in [0.1, 0.15) is 26.7 Å². The summed E-state index contributed by atoms with van der Waals surface area (Å²) in [6, 6.07) is 0.0191. The van der Waals surface area contributed by atoms with E-state index in [1.165, 1.54) is 0 Å². The van der Waals surface area contributed by atoms with Crippen LogP contribution in [0.2, 0.25) is 0 Å². The maximum Gasteiger partial charge on any atom is 0.217 e. The molecule has 1 saturated heterocycles. The summed E-state index contributed by atoms with van der Waals surface area (Å²) in [5.74, 6) is 0. The number of rotatable bonds is 4. The van der Waals surface area contributed by atoms with Crippen molar-refractivity contribution in [1.29, 1.82) is 0 Å². The molecule has 0 aromatic rings. The summed E-state index contributed by atoms with van der Waals surface area (Å²) < 4.78 is 30.9. The average Bonchev–Trinajstić information content (AvgIpc) is 2.55.